The highest BCUT2D eigenvalue weighted by Crippen LogP contribution is 2.22. The molecule has 0 amide bonds. The lowest BCUT2D eigenvalue weighted by Crippen LogP contribution is -2.15. The van der Waals surface area contributed by atoms with Crippen LogP contribution in [0.25, 0.3) is 0 Å². The fourth-order valence-electron chi connectivity index (χ4n) is 1.09. The third-order valence-electron chi connectivity index (χ3n) is 2.11. The van der Waals surface area contributed by atoms with Gasteiger partial charge >= 0.3 is 5.97 Å². The van der Waals surface area contributed by atoms with Gasteiger partial charge in [-0.1, -0.05) is 19.9 Å². The summed E-state index contributed by atoms with van der Waals surface area (Å²) < 4.78 is 5.36. The van der Waals surface area contributed by atoms with Gasteiger partial charge in [0.2, 0.25) is 0 Å². The van der Waals surface area contributed by atoms with Gasteiger partial charge in [0.05, 0.1) is 12.7 Å². The van der Waals surface area contributed by atoms with Crippen LogP contribution in [0, 0.1) is 0 Å². The van der Waals surface area contributed by atoms with E-state index in [0.717, 1.165) is 18.7 Å². The van der Waals surface area contributed by atoms with Crippen molar-refractivity contribution in [3.63, 3.8) is 0 Å². The number of allylic oxidation sites excluding steroid dienone is 2. The molecule has 0 unspecified atom stereocenters. The van der Waals surface area contributed by atoms with Crippen molar-refractivity contribution in [3.05, 3.63) is 34.1 Å². The van der Waals surface area contributed by atoms with Crippen molar-refractivity contribution in [2.75, 3.05) is 20.7 Å². The first-order chi connectivity index (χ1) is 8.60. The van der Waals surface area contributed by atoms with Gasteiger partial charge < -0.3 is 15.4 Å². The third-order valence-corrected chi connectivity index (χ3v) is 2.76. The molecule has 1 rings (SSSR count). The van der Waals surface area contributed by atoms with Crippen LogP contribution in [-0.4, -0.2) is 26.7 Å². The molecule has 0 radical (unpaired) electrons. The number of hydrogen-bond acceptors (Lipinski definition) is 4. The van der Waals surface area contributed by atoms with E-state index in [2.05, 4.69) is 38.2 Å². The van der Waals surface area contributed by atoms with E-state index in [1.54, 1.807) is 12.3 Å². The second-order valence-corrected chi connectivity index (χ2v) is 4.32. The number of halogens is 1. The van der Waals surface area contributed by atoms with E-state index in [1.165, 1.54) is 7.11 Å². The fraction of sp³-hybridized carbons (Fsp3) is 0.462. The monoisotopic (exact) mass is 316 g/mol. The minimum atomic E-state index is -0.336. The first kappa shape index (κ1) is 16.9. The van der Waals surface area contributed by atoms with E-state index >= 15 is 0 Å². The number of methoxy groups -OCH3 is 1. The van der Waals surface area contributed by atoms with Gasteiger partial charge in [0.25, 0.3) is 0 Å². The Balaban J connectivity index is 0.000000631. The predicted octanol–water partition coefficient (Wildman–Crippen LogP) is 2.44. The standard InChI is InChI=1S/C10H12BrNO2.C3H9N/c1-3-4-7-5-8(10(13)14-2)9(11)6-12-7;1-3-4-2/h4-6,12H,3H2,1-2H3;4H,3H2,1-2H3/b7-4-;. The summed E-state index contributed by atoms with van der Waals surface area (Å²) in [6.07, 6.45) is 6.41. The number of hydrogen-bond donors (Lipinski definition) is 2. The van der Waals surface area contributed by atoms with Gasteiger partial charge in [-0.2, -0.15) is 0 Å². The van der Waals surface area contributed by atoms with Crippen molar-refractivity contribution in [1.82, 2.24) is 10.6 Å². The Morgan fingerprint density at radius 2 is 2.17 bits per heavy atom. The van der Waals surface area contributed by atoms with E-state index < -0.39 is 0 Å². The number of carbonyl (C=O) groups is 1. The summed E-state index contributed by atoms with van der Waals surface area (Å²) in [5.74, 6) is -0.336. The van der Waals surface area contributed by atoms with E-state index in [-0.39, 0.29) is 5.97 Å². The maximum atomic E-state index is 11.3. The lowest BCUT2D eigenvalue weighted by atomic mass is 10.1. The molecule has 18 heavy (non-hydrogen) atoms. The number of nitrogens with one attached hydrogen (secondary N) is 2. The Kier molecular flexibility index (Phi) is 9.32. The van der Waals surface area contributed by atoms with Gasteiger partial charge in [0, 0.05) is 16.4 Å². The minimum absolute atomic E-state index is 0.336. The van der Waals surface area contributed by atoms with Gasteiger partial charge in [0.15, 0.2) is 0 Å². The molecule has 0 aromatic carbocycles. The summed E-state index contributed by atoms with van der Waals surface area (Å²) in [7, 11) is 3.30. The van der Waals surface area contributed by atoms with Crippen LogP contribution in [0.2, 0.25) is 0 Å². The molecule has 4 nitrogen and oxygen atoms in total. The molecule has 0 atom stereocenters. The second kappa shape index (κ2) is 9.91. The van der Waals surface area contributed by atoms with Crippen molar-refractivity contribution < 1.29 is 9.53 Å². The molecule has 1 aliphatic heterocycles. The number of esters is 1. The van der Waals surface area contributed by atoms with Crippen LogP contribution in [0.1, 0.15) is 20.3 Å². The maximum absolute atomic E-state index is 11.3. The normalized spacial score (nSPS) is 15.9. The summed E-state index contributed by atoms with van der Waals surface area (Å²) >= 11 is 3.28. The van der Waals surface area contributed by atoms with Gasteiger partial charge in [-0.15, -0.1) is 0 Å². The van der Waals surface area contributed by atoms with E-state index in [4.69, 9.17) is 0 Å². The molecule has 5 heteroatoms. The number of carbonyl (C=O) groups excluding carboxylic acids is 1. The number of ether oxygens (including phenoxy) is 1. The maximum Gasteiger partial charge on any atom is 0.339 e. The fourth-order valence-corrected chi connectivity index (χ4v) is 1.49. The average molecular weight is 317 g/mol. The van der Waals surface area contributed by atoms with Crippen LogP contribution in [0.15, 0.2) is 34.1 Å². The van der Waals surface area contributed by atoms with Crippen LogP contribution in [-0.2, 0) is 9.53 Å². The first-order valence-electron chi connectivity index (χ1n) is 5.87. The van der Waals surface area contributed by atoms with Gasteiger partial charge in [-0.25, -0.2) is 4.79 Å². The topological polar surface area (TPSA) is 50.4 Å². The molecular formula is C13H21BrN2O2. The SMILES string of the molecule is CC/C=C1/C=C(C(=O)OC)C(Br)=CN1.CCNC. The van der Waals surface area contributed by atoms with Gasteiger partial charge in [-0.3, -0.25) is 0 Å². The Bertz CT molecular complexity index is 358. The van der Waals surface area contributed by atoms with Crippen molar-refractivity contribution in [2.24, 2.45) is 0 Å². The lowest BCUT2D eigenvalue weighted by molar-refractivity contribution is -0.135. The summed E-state index contributed by atoms with van der Waals surface area (Å²) in [6.45, 7) is 5.17. The average Bonchev–Trinajstić information content (AvgIpc) is 2.40. The van der Waals surface area contributed by atoms with Crippen molar-refractivity contribution in [2.45, 2.75) is 20.3 Å². The zero-order valence-electron chi connectivity index (χ0n) is 11.3. The van der Waals surface area contributed by atoms with Gasteiger partial charge in [0.1, 0.15) is 0 Å². The first-order valence-corrected chi connectivity index (χ1v) is 6.67. The molecule has 1 heterocycles. The smallest absolute Gasteiger partial charge is 0.339 e. The van der Waals surface area contributed by atoms with E-state index in [1.807, 2.05) is 20.0 Å². The number of dihydropyridines is 1. The highest BCUT2D eigenvalue weighted by atomic mass is 79.9. The zero-order valence-corrected chi connectivity index (χ0v) is 12.9. The molecule has 0 saturated carbocycles. The molecule has 102 valence electrons. The second-order valence-electron chi connectivity index (χ2n) is 3.46. The summed E-state index contributed by atoms with van der Waals surface area (Å²) in [5.41, 5.74) is 1.45. The van der Waals surface area contributed by atoms with Gasteiger partial charge in [-0.05, 0) is 42.0 Å². The van der Waals surface area contributed by atoms with E-state index in [9.17, 15) is 4.79 Å². The molecular weight excluding hydrogens is 296 g/mol. The van der Waals surface area contributed by atoms with Crippen LogP contribution in [0.4, 0.5) is 0 Å². The van der Waals surface area contributed by atoms with Crippen LogP contribution >= 0.6 is 15.9 Å². The predicted molar refractivity (Wildman–Crippen MR) is 78.2 cm³/mol. The molecule has 0 aromatic rings. The Hall–Kier alpha value is -1.07. The zero-order chi connectivity index (χ0) is 14.0. The highest BCUT2D eigenvalue weighted by Gasteiger charge is 2.16. The Labute approximate surface area is 117 Å². The summed E-state index contributed by atoms with van der Waals surface area (Å²) in [4.78, 5) is 11.3. The molecule has 0 aliphatic carbocycles. The van der Waals surface area contributed by atoms with Crippen molar-refractivity contribution >= 4 is 21.9 Å². The minimum Gasteiger partial charge on any atom is -0.465 e. The van der Waals surface area contributed by atoms with Crippen LogP contribution in [0.3, 0.4) is 0 Å². The molecule has 0 spiro atoms. The molecule has 0 aromatic heterocycles. The lowest BCUT2D eigenvalue weighted by Gasteiger charge is -2.13. The molecule has 0 fully saturated rings. The van der Waals surface area contributed by atoms with Crippen LogP contribution in [0.5, 0.6) is 0 Å². The number of rotatable bonds is 3. The molecule has 0 saturated heterocycles. The molecule has 2 N–H and O–H groups in total. The van der Waals surface area contributed by atoms with Crippen LogP contribution < -0.4 is 10.6 Å². The van der Waals surface area contributed by atoms with Crippen molar-refractivity contribution in [3.8, 4) is 0 Å². The molecule has 0 bridgehead atoms. The molecule has 1 aliphatic rings. The third kappa shape index (κ3) is 6.02. The highest BCUT2D eigenvalue weighted by molar-refractivity contribution is 9.12. The Morgan fingerprint density at radius 3 is 2.61 bits per heavy atom. The largest absolute Gasteiger partial charge is 0.465 e. The summed E-state index contributed by atoms with van der Waals surface area (Å²) in [5, 5.41) is 5.98. The quantitative estimate of drug-likeness (QED) is 0.785. The van der Waals surface area contributed by atoms with Crippen molar-refractivity contribution in [1.29, 1.82) is 0 Å². The Morgan fingerprint density at radius 1 is 1.56 bits per heavy atom. The van der Waals surface area contributed by atoms with E-state index in [0.29, 0.717) is 10.1 Å². The summed E-state index contributed by atoms with van der Waals surface area (Å²) in [6, 6.07) is 0.